The van der Waals surface area contributed by atoms with Gasteiger partial charge in [0.05, 0.1) is 27.8 Å². The normalized spacial score (nSPS) is 12.9. The molecule has 0 aliphatic rings. The van der Waals surface area contributed by atoms with E-state index in [1.807, 2.05) is 0 Å². The third-order valence-electron chi connectivity index (χ3n) is 3.82. The summed E-state index contributed by atoms with van der Waals surface area (Å²) in [6, 6.07) is 10.2. The summed E-state index contributed by atoms with van der Waals surface area (Å²) in [7, 11) is -14.5. The zero-order valence-corrected chi connectivity index (χ0v) is 18.0. The van der Waals surface area contributed by atoms with Crippen LogP contribution in [-0.2, 0) is 30.7 Å². The zero-order valence-electron chi connectivity index (χ0n) is 15.6. The molecule has 0 spiro atoms. The fourth-order valence-corrected chi connectivity index (χ4v) is 3.67. The van der Waals surface area contributed by atoms with Gasteiger partial charge >= 0.3 is 30.7 Å². The van der Waals surface area contributed by atoms with Gasteiger partial charge < -0.3 is 4.90 Å². The molecule has 0 heterocycles. The van der Waals surface area contributed by atoms with E-state index in [0.717, 1.165) is 12.1 Å². The maximum absolute atomic E-state index is 12.9. The molecule has 15 heteroatoms. The summed E-state index contributed by atoms with van der Waals surface area (Å²) in [6.45, 7) is -0.807. The van der Waals surface area contributed by atoms with Crippen molar-refractivity contribution in [3.05, 3.63) is 48.5 Å². The van der Waals surface area contributed by atoms with Crippen LogP contribution in [0.15, 0.2) is 63.7 Å². The van der Waals surface area contributed by atoms with E-state index in [4.69, 9.17) is 0 Å². The van der Waals surface area contributed by atoms with Gasteiger partial charge in [0.1, 0.15) is 0 Å². The highest BCUT2D eigenvalue weighted by atomic mass is 32.3. The van der Waals surface area contributed by atoms with Gasteiger partial charge in [0.25, 0.3) is 0 Å². The Morgan fingerprint density at radius 3 is 1.39 bits per heavy atom. The third-order valence-corrected chi connectivity index (χ3v) is 6.00. The van der Waals surface area contributed by atoms with E-state index in [2.05, 4.69) is 10.2 Å². The van der Waals surface area contributed by atoms with Crippen molar-refractivity contribution in [1.82, 2.24) is 0 Å². The molecule has 9 nitrogen and oxygen atoms in total. The first-order chi connectivity index (χ1) is 14.2. The standard InChI is InChI=1S/C16H16F3N3O6S3/c17-29(23,24)11-9-22(10-12-30(18,25)26)15-5-1-13(2-6-15)20-21-14-3-7-16(8-4-14)31(19,27)28/h1-8H,9-12H2. The first kappa shape index (κ1) is 24.7. The maximum Gasteiger partial charge on any atom is 0.332 e. The molecule has 2 aromatic rings. The van der Waals surface area contributed by atoms with Crippen LogP contribution in [0.2, 0.25) is 0 Å². The summed E-state index contributed by atoms with van der Waals surface area (Å²) in [6.07, 6.45) is 0. The summed E-state index contributed by atoms with van der Waals surface area (Å²) < 4.78 is 103. The number of hydrogen-bond donors (Lipinski definition) is 0. The van der Waals surface area contributed by atoms with Gasteiger partial charge in [0, 0.05) is 18.8 Å². The number of rotatable bonds is 10. The lowest BCUT2D eigenvalue weighted by molar-refractivity contribution is 0.547. The summed E-state index contributed by atoms with van der Waals surface area (Å²) in [4.78, 5) is 0.659. The van der Waals surface area contributed by atoms with Crippen LogP contribution < -0.4 is 4.90 Å². The number of anilines is 1. The van der Waals surface area contributed by atoms with Crippen molar-refractivity contribution in [2.24, 2.45) is 10.2 Å². The second-order valence-corrected chi connectivity index (χ2v) is 10.4. The van der Waals surface area contributed by atoms with Gasteiger partial charge in [-0.3, -0.25) is 0 Å². The number of hydrogen-bond acceptors (Lipinski definition) is 9. The van der Waals surface area contributed by atoms with Crippen molar-refractivity contribution in [1.29, 1.82) is 0 Å². The van der Waals surface area contributed by atoms with Crippen LogP contribution >= 0.6 is 0 Å². The van der Waals surface area contributed by atoms with E-state index in [0.29, 0.717) is 11.4 Å². The molecule has 0 aliphatic carbocycles. The fourth-order valence-electron chi connectivity index (χ4n) is 2.33. The van der Waals surface area contributed by atoms with Crippen LogP contribution in [0.25, 0.3) is 0 Å². The van der Waals surface area contributed by atoms with Crippen molar-refractivity contribution in [3.8, 4) is 0 Å². The van der Waals surface area contributed by atoms with Crippen molar-refractivity contribution in [3.63, 3.8) is 0 Å². The van der Waals surface area contributed by atoms with Gasteiger partial charge in [0.2, 0.25) is 0 Å². The lowest BCUT2D eigenvalue weighted by atomic mass is 10.2. The molecule has 0 aromatic heterocycles. The molecule has 170 valence electrons. The predicted octanol–water partition coefficient (Wildman–Crippen LogP) is 3.17. The predicted molar refractivity (Wildman–Crippen MR) is 107 cm³/mol. The Morgan fingerprint density at radius 2 is 1.03 bits per heavy atom. The van der Waals surface area contributed by atoms with E-state index in [-0.39, 0.29) is 5.69 Å². The van der Waals surface area contributed by atoms with Crippen LogP contribution in [0.5, 0.6) is 0 Å². The maximum atomic E-state index is 12.9. The largest absolute Gasteiger partial charge is 0.369 e. The molecule has 0 radical (unpaired) electrons. The van der Waals surface area contributed by atoms with E-state index < -0.39 is 60.2 Å². The van der Waals surface area contributed by atoms with Crippen LogP contribution in [0.3, 0.4) is 0 Å². The first-order valence-electron chi connectivity index (χ1n) is 8.39. The van der Waals surface area contributed by atoms with E-state index in [9.17, 15) is 36.9 Å². The summed E-state index contributed by atoms with van der Waals surface area (Å²) >= 11 is 0. The Bertz CT molecular complexity index is 1210. The molecule has 0 saturated heterocycles. The number of azo groups is 1. The number of halogens is 3. The molecule has 2 aromatic carbocycles. The van der Waals surface area contributed by atoms with Crippen LogP contribution in [0.1, 0.15) is 0 Å². The molecule has 0 saturated carbocycles. The van der Waals surface area contributed by atoms with Gasteiger partial charge in [0.15, 0.2) is 0 Å². The van der Waals surface area contributed by atoms with E-state index >= 15 is 0 Å². The van der Waals surface area contributed by atoms with Gasteiger partial charge in [-0.25, -0.2) is 0 Å². The minimum Gasteiger partial charge on any atom is -0.369 e. The first-order valence-corrected chi connectivity index (χ1v) is 12.9. The number of benzene rings is 2. The molecule has 0 N–H and O–H groups in total. The SMILES string of the molecule is O=S(=O)(F)CCN(CCS(=O)(=O)F)c1ccc(N=Nc2ccc(S(=O)(=O)F)cc2)cc1. The van der Waals surface area contributed by atoms with Crippen LogP contribution in [0.4, 0.5) is 28.7 Å². The average Bonchev–Trinajstić information content (AvgIpc) is 2.65. The Kier molecular flexibility index (Phi) is 7.77. The molecular weight excluding hydrogens is 483 g/mol. The Hall–Kier alpha value is -2.52. The topological polar surface area (TPSA) is 130 Å². The monoisotopic (exact) mass is 499 g/mol. The highest BCUT2D eigenvalue weighted by Gasteiger charge is 2.16. The molecule has 0 fully saturated rings. The van der Waals surface area contributed by atoms with Crippen molar-refractivity contribution in [2.45, 2.75) is 4.90 Å². The van der Waals surface area contributed by atoms with Crippen molar-refractivity contribution >= 4 is 47.7 Å². The lowest BCUT2D eigenvalue weighted by Gasteiger charge is -2.23. The van der Waals surface area contributed by atoms with E-state index in [1.165, 1.54) is 41.3 Å². The Labute approximate surface area is 177 Å². The van der Waals surface area contributed by atoms with Gasteiger partial charge in [-0.05, 0) is 48.5 Å². The smallest absolute Gasteiger partial charge is 0.332 e. The lowest BCUT2D eigenvalue weighted by Crippen LogP contribution is -2.32. The number of nitrogens with zero attached hydrogens (tertiary/aromatic N) is 3. The van der Waals surface area contributed by atoms with Crippen molar-refractivity contribution < 1.29 is 36.9 Å². The Morgan fingerprint density at radius 1 is 0.645 bits per heavy atom. The molecule has 0 bridgehead atoms. The molecular formula is C16H16F3N3O6S3. The molecule has 0 amide bonds. The van der Waals surface area contributed by atoms with Gasteiger partial charge in [-0.1, -0.05) is 0 Å². The molecule has 0 aliphatic heterocycles. The fraction of sp³-hybridized carbons (Fsp3) is 0.250. The van der Waals surface area contributed by atoms with Crippen LogP contribution in [-0.4, -0.2) is 49.8 Å². The Balaban J connectivity index is 2.14. The van der Waals surface area contributed by atoms with Gasteiger partial charge in [-0.15, -0.1) is 11.7 Å². The van der Waals surface area contributed by atoms with Crippen molar-refractivity contribution in [2.75, 3.05) is 29.5 Å². The highest BCUT2D eigenvalue weighted by molar-refractivity contribution is 7.86. The summed E-state index contributed by atoms with van der Waals surface area (Å²) in [5.74, 6) is -1.82. The minimum absolute atomic E-state index is 0.236. The van der Waals surface area contributed by atoms with Gasteiger partial charge in [-0.2, -0.15) is 35.5 Å². The highest BCUT2D eigenvalue weighted by Crippen LogP contribution is 2.24. The summed E-state index contributed by atoms with van der Waals surface area (Å²) in [5, 5.41) is 7.74. The second-order valence-electron chi connectivity index (χ2n) is 6.12. The molecule has 31 heavy (non-hydrogen) atoms. The third kappa shape index (κ3) is 9.02. The molecule has 0 atom stereocenters. The van der Waals surface area contributed by atoms with E-state index in [1.54, 1.807) is 0 Å². The molecule has 0 unspecified atom stereocenters. The quantitative estimate of drug-likeness (QED) is 0.362. The molecule has 2 rings (SSSR count). The summed E-state index contributed by atoms with van der Waals surface area (Å²) in [5.41, 5.74) is 0.838. The average molecular weight is 500 g/mol. The second kappa shape index (κ2) is 9.74. The zero-order chi connectivity index (χ0) is 23.3. The minimum atomic E-state index is -4.83. The van der Waals surface area contributed by atoms with Crippen LogP contribution in [0, 0.1) is 0 Å².